The van der Waals surface area contributed by atoms with E-state index in [4.69, 9.17) is 28.4 Å². The maximum Gasteiger partial charge on any atom is 1.00 e. The Hall–Kier alpha value is -1.58. The van der Waals surface area contributed by atoms with Crippen molar-refractivity contribution in [1.82, 2.24) is 0 Å². The number of aryl methyl sites for hydroxylation is 2. The quantitative estimate of drug-likeness (QED) is 0.195. The van der Waals surface area contributed by atoms with Crippen LogP contribution in [0, 0.1) is 27.7 Å². The zero-order chi connectivity index (χ0) is 27.7. The van der Waals surface area contributed by atoms with Gasteiger partial charge in [0.1, 0.15) is 17.2 Å². The third-order valence-corrected chi connectivity index (χ3v) is 7.17. The molecule has 0 saturated carbocycles. The van der Waals surface area contributed by atoms with E-state index in [2.05, 4.69) is 13.0 Å². The molecule has 0 radical (unpaired) electrons. The van der Waals surface area contributed by atoms with Gasteiger partial charge in [-0.05, 0) is 100 Å². The van der Waals surface area contributed by atoms with Crippen molar-refractivity contribution in [2.45, 2.75) is 88.1 Å². The molecule has 2 rings (SSSR count). The molecule has 0 aliphatic heterocycles. The van der Waals surface area contributed by atoms with Crippen molar-refractivity contribution in [3.8, 4) is 17.2 Å². The minimum Gasteiger partial charge on any atom is -0.465 e. The van der Waals surface area contributed by atoms with Gasteiger partial charge in [-0.25, -0.2) is 0 Å². The summed E-state index contributed by atoms with van der Waals surface area (Å²) in [6.07, 6.45) is -1.55. The molecule has 206 valence electrons. The van der Waals surface area contributed by atoms with Gasteiger partial charge in [0, 0.05) is 37.5 Å². The van der Waals surface area contributed by atoms with E-state index in [0.29, 0.717) is 42.4 Å². The van der Waals surface area contributed by atoms with E-state index in [9.17, 15) is 4.79 Å². The molecular formula is C29H43LiO7P+. The van der Waals surface area contributed by atoms with Crippen molar-refractivity contribution in [2.24, 2.45) is 0 Å². The Morgan fingerprint density at radius 1 is 0.711 bits per heavy atom. The van der Waals surface area contributed by atoms with Crippen molar-refractivity contribution >= 4 is 19.4 Å². The zero-order valence-electron chi connectivity index (χ0n) is 24.9. The third-order valence-electron chi connectivity index (χ3n) is 5.95. The van der Waals surface area contributed by atoms with E-state index in [1.165, 1.54) is 5.56 Å². The minimum absolute atomic E-state index is 0. The molecule has 0 aliphatic rings. The molecule has 4 atom stereocenters. The Morgan fingerprint density at radius 3 is 1.61 bits per heavy atom. The molecule has 0 saturated heterocycles. The molecular weight excluding hydrogens is 498 g/mol. The van der Waals surface area contributed by atoms with E-state index in [0.717, 1.165) is 22.3 Å². The first-order chi connectivity index (χ1) is 17.5. The van der Waals surface area contributed by atoms with Crippen molar-refractivity contribution in [1.29, 1.82) is 0 Å². The van der Waals surface area contributed by atoms with Crippen LogP contribution in [0.25, 0.3) is 0 Å². The summed E-state index contributed by atoms with van der Waals surface area (Å²) >= 11 is 0. The summed E-state index contributed by atoms with van der Waals surface area (Å²) in [7, 11) is -0.252. The monoisotopic (exact) mass is 541 g/mol. The topological polar surface area (TPSA) is 72.5 Å². The summed E-state index contributed by atoms with van der Waals surface area (Å²) in [6.45, 7) is 20.7. The van der Waals surface area contributed by atoms with E-state index in [1.807, 2.05) is 62.3 Å². The number of hydrogen-bond acceptors (Lipinski definition) is 7. The number of carbonyl (C=O) groups excluding carboxylic acids is 1. The van der Waals surface area contributed by atoms with Crippen LogP contribution < -0.4 is 38.4 Å². The Kier molecular flexibility index (Phi) is 15.0. The number of rotatable bonds is 15. The van der Waals surface area contributed by atoms with Crippen LogP contribution in [0.15, 0.2) is 18.2 Å². The van der Waals surface area contributed by atoms with Crippen LogP contribution in [0.5, 0.6) is 17.2 Å². The van der Waals surface area contributed by atoms with E-state index >= 15 is 0 Å². The van der Waals surface area contributed by atoms with Gasteiger partial charge in [0.05, 0.1) is 5.30 Å². The van der Waals surface area contributed by atoms with Gasteiger partial charge < -0.3 is 28.4 Å². The maximum atomic E-state index is 13.8. The Labute approximate surface area is 242 Å². The predicted molar refractivity (Wildman–Crippen MR) is 149 cm³/mol. The van der Waals surface area contributed by atoms with Crippen molar-refractivity contribution in [2.75, 3.05) is 19.8 Å². The maximum absolute atomic E-state index is 13.8. The molecule has 0 spiro atoms. The van der Waals surface area contributed by atoms with Crippen LogP contribution in [0.4, 0.5) is 0 Å². The Bertz CT molecular complexity index is 1020. The molecule has 0 aliphatic carbocycles. The van der Waals surface area contributed by atoms with Crippen LogP contribution in [-0.2, 0) is 14.2 Å². The fourth-order valence-electron chi connectivity index (χ4n) is 4.11. The second-order valence-corrected chi connectivity index (χ2v) is 10.0. The van der Waals surface area contributed by atoms with E-state index in [-0.39, 0.29) is 33.0 Å². The van der Waals surface area contributed by atoms with Gasteiger partial charge in [-0.3, -0.25) is 4.79 Å². The van der Waals surface area contributed by atoms with Gasteiger partial charge in [-0.2, -0.15) is 0 Å². The fourth-order valence-corrected chi connectivity index (χ4v) is 5.35. The molecule has 0 amide bonds. The third kappa shape index (κ3) is 9.56. The largest absolute Gasteiger partial charge is 1.00 e. The summed E-state index contributed by atoms with van der Waals surface area (Å²) in [5.41, 5.74) is 4.99. The fraction of sp³-hybridized carbons (Fsp3) is 0.552. The van der Waals surface area contributed by atoms with Crippen molar-refractivity contribution < 1.29 is 52.1 Å². The molecule has 2 aromatic carbocycles. The minimum atomic E-state index is -0.537. The molecule has 7 nitrogen and oxygen atoms in total. The molecule has 4 unspecified atom stereocenters. The SMILES string of the molecule is CCOC(C)Oc1cc(OC(C)OCC)c(PC(=O)c2c(C)cc(C)c(C)c2C)c(OC(C)OCC)c1.[Li+]. The van der Waals surface area contributed by atoms with E-state index in [1.54, 1.807) is 12.1 Å². The second-order valence-electron chi connectivity index (χ2n) is 8.81. The summed E-state index contributed by atoms with van der Waals surface area (Å²) in [6, 6.07) is 5.59. The summed E-state index contributed by atoms with van der Waals surface area (Å²) < 4.78 is 35.2. The zero-order valence-corrected chi connectivity index (χ0v) is 25.9. The number of ether oxygens (including phenoxy) is 6. The number of hydrogen-bond donors (Lipinski definition) is 0. The summed E-state index contributed by atoms with van der Waals surface area (Å²) in [5, 5.41) is 0.636. The Morgan fingerprint density at radius 2 is 1.16 bits per heavy atom. The average Bonchev–Trinajstić information content (AvgIpc) is 2.80. The number of carbonyl (C=O) groups is 1. The average molecular weight is 542 g/mol. The standard InChI is InChI=1S/C29H43O7P.Li/c1-11-31-21(8)34-24-15-25(35-22(9)32-12-2)28(26(16-24)36-23(10)33-13-3)37-29(30)27-18(5)14-17(4)19(6)20(27)7;/h14-16,21-23,37H,11-13H2,1-10H3;/q;+1. The molecule has 0 heterocycles. The second kappa shape index (κ2) is 16.5. The number of benzene rings is 2. The van der Waals surface area contributed by atoms with Crippen LogP contribution in [-0.4, -0.2) is 44.2 Å². The summed E-state index contributed by atoms with van der Waals surface area (Å²) in [4.78, 5) is 13.8. The van der Waals surface area contributed by atoms with E-state index < -0.39 is 18.9 Å². The first-order valence-electron chi connectivity index (χ1n) is 12.9. The van der Waals surface area contributed by atoms with Crippen LogP contribution in [0.1, 0.15) is 74.2 Å². The molecule has 0 aromatic heterocycles. The predicted octanol–water partition coefficient (Wildman–Crippen LogP) is 3.35. The van der Waals surface area contributed by atoms with Gasteiger partial charge >= 0.3 is 18.9 Å². The molecule has 9 heteroatoms. The van der Waals surface area contributed by atoms with Gasteiger partial charge in [-0.15, -0.1) is 0 Å². The van der Waals surface area contributed by atoms with Crippen molar-refractivity contribution in [3.05, 3.63) is 46.0 Å². The molecule has 2 aromatic rings. The van der Waals surface area contributed by atoms with Gasteiger partial charge in [-0.1, -0.05) is 6.07 Å². The smallest absolute Gasteiger partial charge is 0.465 e. The van der Waals surface area contributed by atoms with Gasteiger partial charge in [0.25, 0.3) is 0 Å². The van der Waals surface area contributed by atoms with Gasteiger partial charge in [0.15, 0.2) is 24.4 Å². The first kappa shape index (κ1) is 34.4. The van der Waals surface area contributed by atoms with Crippen LogP contribution in [0.2, 0.25) is 0 Å². The molecule has 38 heavy (non-hydrogen) atoms. The molecule has 0 N–H and O–H groups in total. The Balaban J connectivity index is 0.00000722. The molecule has 0 bridgehead atoms. The normalized spacial score (nSPS) is 13.6. The van der Waals surface area contributed by atoms with Crippen LogP contribution in [0.3, 0.4) is 0 Å². The first-order valence-corrected chi connectivity index (χ1v) is 13.9. The van der Waals surface area contributed by atoms with Gasteiger partial charge in [0.2, 0.25) is 0 Å². The van der Waals surface area contributed by atoms with Crippen molar-refractivity contribution in [3.63, 3.8) is 0 Å². The molecule has 0 fully saturated rings. The summed E-state index contributed by atoms with van der Waals surface area (Å²) in [5.74, 6) is 1.43. The van der Waals surface area contributed by atoms with Crippen LogP contribution >= 0.6 is 8.58 Å².